The first kappa shape index (κ1) is 39.7. The van der Waals surface area contributed by atoms with Crippen molar-refractivity contribution in [3.8, 4) is 0 Å². The minimum absolute atomic E-state index is 0.00532. The average molecular weight is 579 g/mol. The zero-order valence-electron chi connectivity index (χ0n) is 27.6. The van der Waals surface area contributed by atoms with E-state index in [-0.39, 0.29) is 18.5 Å². The molecule has 0 spiro atoms. The Labute approximate surface area is 255 Å². The molecular formula is C37H70O4. The molecule has 0 saturated carbocycles. The summed E-state index contributed by atoms with van der Waals surface area (Å²) in [7, 11) is 0. The minimum Gasteiger partial charge on any atom is -0.481 e. The minimum atomic E-state index is -0.700. The fourth-order valence-corrected chi connectivity index (χ4v) is 5.53. The van der Waals surface area contributed by atoms with Crippen LogP contribution in [-0.2, 0) is 14.3 Å². The lowest BCUT2D eigenvalue weighted by Crippen LogP contribution is -2.18. The number of rotatable bonds is 33. The van der Waals surface area contributed by atoms with Crippen LogP contribution in [-0.4, -0.2) is 23.1 Å². The van der Waals surface area contributed by atoms with Crippen molar-refractivity contribution in [2.24, 2.45) is 0 Å². The normalized spacial score (nSPS) is 12.2. The fraction of sp³-hybridized carbons (Fsp3) is 0.892. The number of hydrogen-bond donors (Lipinski definition) is 1. The number of carboxylic acid groups (broad SMARTS) is 1. The van der Waals surface area contributed by atoms with Gasteiger partial charge in [-0.05, 0) is 64.2 Å². The van der Waals surface area contributed by atoms with Crippen molar-refractivity contribution in [2.45, 2.75) is 213 Å². The number of carboxylic acids is 1. The van der Waals surface area contributed by atoms with Crippen LogP contribution in [0.15, 0.2) is 12.2 Å². The maximum absolute atomic E-state index is 12.6. The SMILES string of the molecule is CCCCCCC/C=C\CCCCCCCC(=O)OC(CCCCCCCCCCC)CCCCCCCC(=O)O. The molecule has 0 radical (unpaired) electrons. The maximum atomic E-state index is 12.6. The summed E-state index contributed by atoms with van der Waals surface area (Å²) in [5.74, 6) is -0.705. The molecule has 0 aliphatic carbocycles. The summed E-state index contributed by atoms with van der Waals surface area (Å²) in [6, 6.07) is 0. The number of allylic oxidation sites excluding steroid dienone is 2. The summed E-state index contributed by atoms with van der Waals surface area (Å²) < 4.78 is 5.97. The molecule has 0 heterocycles. The molecule has 0 aliphatic heterocycles. The van der Waals surface area contributed by atoms with Crippen LogP contribution < -0.4 is 0 Å². The van der Waals surface area contributed by atoms with Gasteiger partial charge in [-0.1, -0.05) is 142 Å². The molecule has 4 heteroatoms. The van der Waals surface area contributed by atoms with E-state index in [9.17, 15) is 9.59 Å². The Morgan fingerprint density at radius 3 is 1.32 bits per heavy atom. The van der Waals surface area contributed by atoms with Gasteiger partial charge in [0.05, 0.1) is 0 Å². The molecule has 1 unspecified atom stereocenters. The first-order valence-corrected chi connectivity index (χ1v) is 18.2. The van der Waals surface area contributed by atoms with Gasteiger partial charge in [-0.2, -0.15) is 0 Å². The van der Waals surface area contributed by atoms with Crippen molar-refractivity contribution >= 4 is 11.9 Å². The molecule has 0 aromatic heterocycles. The molecule has 0 fully saturated rings. The summed E-state index contributed by atoms with van der Waals surface area (Å²) in [6.07, 6.45) is 39.3. The third-order valence-electron chi connectivity index (χ3n) is 8.24. The second-order valence-electron chi connectivity index (χ2n) is 12.4. The predicted molar refractivity (Wildman–Crippen MR) is 177 cm³/mol. The number of ether oxygens (including phenoxy) is 1. The molecular weight excluding hydrogens is 508 g/mol. The Kier molecular flexibility index (Phi) is 32.1. The number of aliphatic carboxylic acids is 1. The summed E-state index contributed by atoms with van der Waals surface area (Å²) in [6.45, 7) is 4.53. The Morgan fingerprint density at radius 2 is 0.878 bits per heavy atom. The topological polar surface area (TPSA) is 63.6 Å². The Balaban J connectivity index is 4.01. The highest BCUT2D eigenvalue weighted by atomic mass is 16.5. The zero-order chi connectivity index (χ0) is 30.1. The van der Waals surface area contributed by atoms with Gasteiger partial charge >= 0.3 is 11.9 Å². The van der Waals surface area contributed by atoms with Gasteiger partial charge in [-0.25, -0.2) is 0 Å². The van der Waals surface area contributed by atoms with Crippen molar-refractivity contribution < 1.29 is 19.4 Å². The maximum Gasteiger partial charge on any atom is 0.306 e. The molecule has 0 aliphatic rings. The third kappa shape index (κ3) is 33.1. The third-order valence-corrected chi connectivity index (χ3v) is 8.24. The van der Waals surface area contributed by atoms with Crippen molar-refractivity contribution in [3.63, 3.8) is 0 Å². The van der Waals surface area contributed by atoms with Gasteiger partial charge in [0.1, 0.15) is 6.10 Å². The number of carbonyl (C=O) groups is 2. The predicted octanol–water partition coefficient (Wildman–Crippen LogP) is 12.3. The number of hydrogen-bond acceptors (Lipinski definition) is 3. The van der Waals surface area contributed by atoms with Crippen molar-refractivity contribution in [2.75, 3.05) is 0 Å². The zero-order valence-corrected chi connectivity index (χ0v) is 27.6. The van der Waals surface area contributed by atoms with Crippen LogP contribution in [0.1, 0.15) is 206 Å². The van der Waals surface area contributed by atoms with E-state index in [0.29, 0.717) is 6.42 Å². The van der Waals surface area contributed by atoms with E-state index in [4.69, 9.17) is 9.84 Å². The number of esters is 1. The fourth-order valence-electron chi connectivity index (χ4n) is 5.53. The number of carbonyl (C=O) groups excluding carboxylic acids is 1. The van der Waals surface area contributed by atoms with E-state index in [2.05, 4.69) is 26.0 Å². The first-order valence-electron chi connectivity index (χ1n) is 18.2. The van der Waals surface area contributed by atoms with Crippen molar-refractivity contribution in [3.05, 3.63) is 12.2 Å². The highest BCUT2D eigenvalue weighted by Gasteiger charge is 2.14. The summed E-state index contributed by atoms with van der Waals surface area (Å²) in [4.78, 5) is 23.3. The van der Waals surface area contributed by atoms with Crippen LogP contribution >= 0.6 is 0 Å². The number of unbranched alkanes of at least 4 members (excludes halogenated alkanes) is 22. The van der Waals surface area contributed by atoms with Gasteiger partial charge in [-0.3, -0.25) is 9.59 Å². The lowest BCUT2D eigenvalue weighted by molar-refractivity contribution is -0.150. The Morgan fingerprint density at radius 1 is 0.512 bits per heavy atom. The van der Waals surface area contributed by atoms with E-state index in [1.165, 1.54) is 116 Å². The van der Waals surface area contributed by atoms with Crippen LogP contribution in [0.3, 0.4) is 0 Å². The van der Waals surface area contributed by atoms with Gasteiger partial charge in [-0.15, -0.1) is 0 Å². The monoisotopic (exact) mass is 579 g/mol. The largest absolute Gasteiger partial charge is 0.481 e. The second-order valence-corrected chi connectivity index (χ2v) is 12.4. The quantitative estimate of drug-likeness (QED) is 0.0478. The second kappa shape index (κ2) is 33.2. The van der Waals surface area contributed by atoms with E-state index in [0.717, 1.165) is 64.2 Å². The van der Waals surface area contributed by atoms with Crippen LogP contribution in [0, 0.1) is 0 Å². The van der Waals surface area contributed by atoms with Crippen molar-refractivity contribution in [1.29, 1.82) is 0 Å². The molecule has 1 atom stereocenters. The molecule has 0 bridgehead atoms. The highest BCUT2D eigenvalue weighted by molar-refractivity contribution is 5.69. The summed E-state index contributed by atoms with van der Waals surface area (Å²) >= 11 is 0. The van der Waals surface area contributed by atoms with Gasteiger partial charge in [0.15, 0.2) is 0 Å². The van der Waals surface area contributed by atoms with Crippen molar-refractivity contribution in [1.82, 2.24) is 0 Å². The van der Waals surface area contributed by atoms with Gasteiger partial charge < -0.3 is 9.84 Å². The van der Waals surface area contributed by atoms with Gasteiger partial charge in [0.25, 0.3) is 0 Å². The van der Waals surface area contributed by atoms with E-state index in [1.807, 2.05) is 0 Å². The Bertz CT molecular complexity index is 585. The average Bonchev–Trinajstić information content (AvgIpc) is 2.95. The van der Waals surface area contributed by atoms with E-state index >= 15 is 0 Å². The molecule has 41 heavy (non-hydrogen) atoms. The van der Waals surface area contributed by atoms with Crippen LogP contribution in [0.5, 0.6) is 0 Å². The molecule has 0 rings (SSSR count). The van der Waals surface area contributed by atoms with Gasteiger partial charge in [0.2, 0.25) is 0 Å². The Hall–Kier alpha value is -1.32. The summed E-state index contributed by atoms with van der Waals surface area (Å²) in [5.41, 5.74) is 0. The molecule has 0 saturated heterocycles. The molecule has 0 aromatic rings. The molecule has 242 valence electrons. The smallest absolute Gasteiger partial charge is 0.306 e. The van der Waals surface area contributed by atoms with Gasteiger partial charge in [0, 0.05) is 12.8 Å². The molecule has 1 N–H and O–H groups in total. The standard InChI is InChI=1S/C37H70O4/c1-3-5-7-9-11-13-14-15-16-17-19-21-26-30-34-37(40)41-35(32-28-24-22-25-29-33-36(38)39)31-27-23-20-18-12-10-8-6-4-2/h14-15,35H,3-13,16-34H2,1-2H3,(H,38,39)/b15-14-. The summed E-state index contributed by atoms with van der Waals surface area (Å²) in [5, 5.41) is 8.78. The lowest BCUT2D eigenvalue weighted by atomic mass is 10.0. The first-order chi connectivity index (χ1) is 20.1. The highest BCUT2D eigenvalue weighted by Crippen LogP contribution is 2.19. The lowest BCUT2D eigenvalue weighted by Gasteiger charge is -2.18. The van der Waals surface area contributed by atoms with E-state index in [1.54, 1.807) is 0 Å². The molecule has 0 aromatic carbocycles. The molecule has 0 amide bonds. The van der Waals surface area contributed by atoms with Crippen LogP contribution in [0.25, 0.3) is 0 Å². The van der Waals surface area contributed by atoms with Crippen LogP contribution in [0.2, 0.25) is 0 Å². The molecule has 4 nitrogen and oxygen atoms in total. The van der Waals surface area contributed by atoms with E-state index < -0.39 is 5.97 Å². The van der Waals surface area contributed by atoms with Crippen LogP contribution in [0.4, 0.5) is 0 Å².